The number of para-hydroxylation sites is 1. The molecule has 3 aromatic carbocycles. The molecule has 0 aromatic heterocycles. The molecule has 1 aliphatic heterocycles. The number of ether oxygens (including phenoxy) is 2. The molecule has 10 heteroatoms. The molecule has 0 spiro atoms. The van der Waals surface area contributed by atoms with Crippen LogP contribution in [0.4, 0.5) is 18.0 Å². The second-order valence-electron chi connectivity index (χ2n) is 9.63. The van der Waals surface area contributed by atoms with Gasteiger partial charge in [0.15, 0.2) is 0 Å². The quantitative estimate of drug-likeness (QED) is 0.333. The minimum atomic E-state index is -4.40. The molecule has 3 aromatic rings. The number of hydrogen-bond acceptors (Lipinski definition) is 4. The van der Waals surface area contributed by atoms with E-state index < -0.39 is 23.3 Å². The van der Waals surface area contributed by atoms with Gasteiger partial charge < -0.3 is 24.8 Å². The lowest BCUT2D eigenvalue weighted by molar-refractivity contribution is -0.153. The van der Waals surface area contributed by atoms with Crippen LogP contribution in [-0.2, 0) is 23.9 Å². The Morgan fingerprint density at radius 3 is 2.23 bits per heavy atom. The molecule has 2 unspecified atom stereocenters. The first-order chi connectivity index (χ1) is 18.5. The molecular weight excluding hydrogens is 513 g/mol. The summed E-state index contributed by atoms with van der Waals surface area (Å²) in [5.74, 6) is 0.00243. The number of carboxylic acid groups (broad SMARTS) is 1. The lowest BCUT2D eigenvalue weighted by Crippen LogP contribution is -2.43. The zero-order valence-electron chi connectivity index (χ0n) is 21.3. The third-order valence-corrected chi connectivity index (χ3v) is 6.45. The van der Waals surface area contributed by atoms with Crippen LogP contribution in [0.15, 0.2) is 78.9 Å². The van der Waals surface area contributed by atoms with Gasteiger partial charge in [0.2, 0.25) is 5.60 Å². The maximum atomic E-state index is 12.8. The molecule has 2 atom stereocenters. The summed E-state index contributed by atoms with van der Waals surface area (Å²) in [5.41, 5.74) is -0.790. The number of alkyl halides is 3. The molecule has 0 bridgehead atoms. The van der Waals surface area contributed by atoms with Gasteiger partial charge in [-0.05, 0) is 54.4 Å². The number of aliphatic carboxylic acids is 1. The average Bonchev–Trinajstić information content (AvgIpc) is 3.24. The number of nitrogens with one attached hydrogen (secondary N) is 1. The van der Waals surface area contributed by atoms with E-state index in [1.807, 2.05) is 6.07 Å². The summed E-state index contributed by atoms with van der Waals surface area (Å²) in [5, 5.41) is 12.6. The maximum Gasteiger partial charge on any atom is 0.416 e. The zero-order chi connectivity index (χ0) is 28.0. The van der Waals surface area contributed by atoms with Crippen LogP contribution in [0.5, 0.6) is 11.5 Å². The third-order valence-electron chi connectivity index (χ3n) is 6.45. The summed E-state index contributed by atoms with van der Waals surface area (Å²) in [6, 6.07) is 20.2. The zero-order valence-corrected chi connectivity index (χ0v) is 21.3. The van der Waals surface area contributed by atoms with Crippen molar-refractivity contribution < 1.29 is 37.3 Å². The van der Waals surface area contributed by atoms with Crippen molar-refractivity contribution in [1.29, 1.82) is 0 Å². The second-order valence-corrected chi connectivity index (χ2v) is 9.63. The van der Waals surface area contributed by atoms with Gasteiger partial charge in [0, 0.05) is 25.9 Å². The van der Waals surface area contributed by atoms with Crippen LogP contribution in [0.1, 0.15) is 30.0 Å². The van der Waals surface area contributed by atoms with Gasteiger partial charge in [0.25, 0.3) is 0 Å². The maximum absolute atomic E-state index is 12.8. The highest BCUT2D eigenvalue weighted by Crippen LogP contribution is 2.29. The first kappa shape index (κ1) is 27.8. The number of benzene rings is 3. The van der Waals surface area contributed by atoms with Crippen molar-refractivity contribution >= 4 is 12.0 Å². The average molecular weight is 543 g/mol. The van der Waals surface area contributed by atoms with Gasteiger partial charge in [-0.1, -0.05) is 42.5 Å². The predicted octanol–water partition coefficient (Wildman–Crippen LogP) is 5.53. The van der Waals surface area contributed by atoms with Gasteiger partial charge in [0.05, 0.1) is 18.2 Å². The van der Waals surface area contributed by atoms with E-state index in [0.717, 1.165) is 17.7 Å². The van der Waals surface area contributed by atoms with Gasteiger partial charge in [-0.15, -0.1) is 0 Å². The fraction of sp³-hybridized carbons (Fsp3) is 0.310. The number of carbonyl (C=O) groups is 2. The Labute approximate surface area is 224 Å². The van der Waals surface area contributed by atoms with Gasteiger partial charge >= 0.3 is 18.2 Å². The van der Waals surface area contributed by atoms with Gasteiger partial charge in [-0.3, -0.25) is 0 Å². The van der Waals surface area contributed by atoms with Crippen LogP contribution in [-0.4, -0.2) is 46.8 Å². The van der Waals surface area contributed by atoms with E-state index in [4.69, 9.17) is 9.47 Å². The van der Waals surface area contributed by atoms with Gasteiger partial charge in [0.1, 0.15) is 11.5 Å². The summed E-state index contributed by atoms with van der Waals surface area (Å²) < 4.78 is 49.8. The van der Waals surface area contributed by atoms with Crippen LogP contribution in [0, 0.1) is 0 Å². The smallest absolute Gasteiger partial charge is 0.416 e. The van der Waals surface area contributed by atoms with Crippen molar-refractivity contribution in [2.45, 2.75) is 44.1 Å². The molecule has 0 aliphatic carbocycles. The van der Waals surface area contributed by atoms with Crippen molar-refractivity contribution in [3.05, 3.63) is 95.6 Å². The number of rotatable bonds is 11. The van der Waals surface area contributed by atoms with E-state index in [1.54, 1.807) is 53.4 Å². The van der Waals surface area contributed by atoms with Crippen LogP contribution in [0.25, 0.3) is 0 Å². The molecule has 2 amide bonds. The Morgan fingerprint density at radius 2 is 1.62 bits per heavy atom. The summed E-state index contributed by atoms with van der Waals surface area (Å²) in [6.45, 7) is 2.50. The molecular formula is C29H29F3N2O5. The largest absolute Gasteiger partial charge is 0.494 e. The van der Waals surface area contributed by atoms with Crippen molar-refractivity contribution in [3.63, 3.8) is 0 Å². The molecule has 1 fully saturated rings. The fourth-order valence-corrected chi connectivity index (χ4v) is 4.30. The first-order valence-electron chi connectivity index (χ1n) is 12.4. The number of halogens is 3. The Hall–Kier alpha value is -4.21. The Bertz CT molecular complexity index is 1270. The molecule has 1 saturated heterocycles. The standard InChI is InChI=1S/C29H29F3N2O5/c1-28(26(35)36,39-25-5-3-2-4-6-25)17-20-9-13-24(14-10-20)38-16-15-23-19-34(27(37)33-23)18-21-7-11-22(12-8-21)29(30,31)32/h2-14,23H,15-19H2,1H3,(H,33,37)(H,35,36). The number of nitrogens with zero attached hydrogens (tertiary/aromatic N) is 1. The van der Waals surface area contributed by atoms with Crippen LogP contribution < -0.4 is 14.8 Å². The highest BCUT2D eigenvalue weighted by Gasteiger charge is 2.36. The lowest BCUT2D eigenvalue weighted by atomic mass is 9.96. The number of hydrogen-bond donors (Lipinski definition) is 2. The molecule has 39 heavy (non-hydrogen) atoms. The number of carbonyl (C=O) groups excluding carboxylic acids is 1. The fourth-order valence-electron chi connectivity index (χ4n) is 4.30. The third kappa shape index (κ3) is 7.43. The highest BCUT2D eigenvalue weighted by molar-refractivity contribution is 5.78. The van der Waals surface area contributed by atoms with Crippen LogP contribution in [0.2, 0.25) is 0 Å². The monoisotopic (exact) mass is 542 g/mol. The summed E-state index contributed by atoms with van der Waals surface area (Å²) in [6.07, 6.45) is -3.70. The Balaban J connectivity index is 1.24. The topological polar surface area (TPSA) is 88.1 Å². The van der Waals surface area contributed by atoms with Gasteiger partial charge in [-0.2, -0.15) is 13.2 Å². The van der Waals surface area contributed by atoms with Crippen molar-refractivity contribution in [2.24, 2.45) is 0 Å². The Morgan fingerprint density at radius 1 is 0.974 bits per heavy atom. The SMILES string of the molecule is CC(Cc1ccc(OCCC2CN(Cc3ccc(C(F)(F)F)cc3)C(=O)N2)cc1)(Oc1ccccc1)C(=O)O. The predicted molar refractivity (Wildman–Crippen MR) is 138 cm³/mol. The molecule has 2 N–H and O–H groups in total. The lowest BCUT2D eigenvalue weighted by Gasteiger charge is -2.26. The van der Waals surface area contributed by atoms with E-state index in [1.165, 1.54) is 19.1 Å². The number of amides is 2. The second kappa shape index (κ2) is 11.7. The van der Waals surface area contributed by atoms with Crippen molar-refractivity contribution in [3.8, 4) is 11.5 Å². The van der Waals surface area contributed by atoms with E-state index in [-0.39, 0.29) is 25.0 Å². The van der Waals surface area contributed by atoms with E-state index >= 15 is 0 Å². The molecule has 0 saturated carbocycles. The summed E-state index contributed by atoms with van der Waals surface area (Å²) in [4.78, 5) is 25.8. The van der Waals surface area contributed by atoms with Crippen LogP contribution >= 0.6 is 0 Å². The van der Waals surface area contributed by atoms with E-state index in [9.17, 15) is 27.9 Å². The first-order valence-corrected chi connectivity index (χ1v) is 12.4. The normalized spacial score (nSPS) is 16.9. The summed E-state index contributed by atoms with van der Waals surface area (Å²) in [7, 11) is 0. The molecule has 1 heterocycles. The number of carboxylic acids is 1. The number of urea groups is 1. The van der Waals surface area contributed by atoms with E-state index in [2.05, 4.69) is 5.32 Å². The minimum absolute atomic E-state index is 0.153. The van der Waals surface area contributed by atoms with E-state index in [0.29, 0.717) is 36.6 Å². The molecule has 206 valence electrons. The molecule has 7 nitrogen and oxygen atoms in total. The Kier molecular flexibility index (Phi) is 8.32. The highest BCUT2D eigenvalue weighted by atomic mass is 19.4. The van der Waals surface area contributed by atoms with Crippen molar-refractivity contribution in [1.82, 2.24) is 10.2 Å². The summed E-state index contributed by atoms with van der Waals surface area (Å²) >= 11 is 0. The molecule has 1 aliphatic rings. The minimum Gasteiger partial charge on any atom is -0.494 e. The van der Waals surface area contributed by atoms with Crippen LogP contribution in [0.3, 0.4) is 0 Å². The van der Waals surface area contributed by atoms with Gasteiger partial charge in [-0.25, -0.2) is 9.59 Å². The molecule has 4 rings (SSSR count). The van der Waals surface area contributed by atoms with Crippen molar-refractivity contribution in [2.75, 3.05) is 13.2 Å². The molecule has 0 radical (unpaired) electrons.